The topological polar surface area (TPSA) is 46.2 Å². The Morgan fingerprint density at radius 2 is 2.45 bits per heavy atom. The second-order valence-corrected chi connectivity index (χ2v) is 2.95. The van der Waals surface area contributed by atoms with Crippen LogP contribution >= 0.6 is 11.6 Å². The van der Waals surface area contributed by atoms with Crippen molar-refractivity contribution in [2.75, 3.05) is 12.4 Å². The van der Waals surface area contributed by atoms with Gasteiger partial charge >= 0.3 is 0 Å². The fourth-order valence-electron chi connectivity index (χ4n) is 1.22. The minimum absolute atomic E-state index is 0.0310. The van der Waals surface area contributed by atoms with Gasteiger partial charge in [0, 0.05) is 12.5 Å². The van der Waals surface area contributed by atoms with E-state index >= 15 is 0 Å². The largest absolute Gasteiger partial charge is 0.307 e. The van der Waals surface area contributed by atoms with E-state index < -0.39 is 0 Å². The number of aldehydes is 1. The molecule has 2 unspecified atom stereocenters. The number of Topliss-reactive ketones (excluding diaryl/α,β-unsaturated/α-hetero) is 1. The SMILES string of the molecule is O=CC1CC(C(=O)CCl)CN1. The molecule has 3 nitrogen and oxygen atoms in total. The quantitative estimate of drug-likeness (QED) is 0.484. The predicted molar refractivity (Wildman–Crippen MR) is 41.7 cm³/mol. The third kappa shape index (κ3) is 2.01. The van der Waals surface area contributed by atoms with Gasteiger partial charge in [0.1, 0.15) is 6.29 Å². The molecule has 0 radical (unpaired) electrons. The highest BCUT2D eigenvalue weighted by atomic mass is 35.5. The first-order valence-electron chi connectivity index (χ1n) is 3.55. The van der Waals surface area contributed by atoms with Crippen molar-refractivity contribution in [3.05, 3.63) is 0 Å². The molecule has 0 spiro atoms. The van der Waals surface area contributed by atoms with Crippen LogP contribution in [0.5, 0.6) is 0 Å². The molecule has 0 aromatic carbocycles. The molecule has 11 heavy (non-hydrogen) atoms. The Kier molecular flexibility index (Phi) is 3.02. The molecule has 1 heterocycles. The summed E-state index contributed by atoms with van der Waals surface area (Å²) >= 11 is 5.36. The zero-order valence-corrected chi connectivity index (χ0v) is 6.80. The molecule has 1 saturated heterocycles. The second kappa shape index (κ2) is 3.83. The number of nitrogens with one attached hydrogen (secondary N) is 1. The minimum atomic E-state index is -0.146. The van der Waals surface area contributed by atoms with Gasteiger partial charge in [0.05, 0.1) is 11.9 Å². The lowest BCUT2D eigenvalue weighted by Crippen LogP contribution is -2.22. The number of alkyl halides is 1. The maximum Gasteiger partial charge on any atom is 0.152 e. The molecule has 0 aliphatic carbocycles. The van der Waals surface area contributed by atoms with Crippen LogP contribution in [0.15, 0.2) is 0 Å². The Balaban J connectivity index is 2.41. The van der Waals surface area contributed by atoms with Gasteiger partial charge in [-0.05, 0) is 6.42 Å². The van der Waals surface area contributed by atoms with Crippen molar-refractivity contribution in [3.8, 4) is 0 Å². The summed E-state index contributed by atoms with van der Waals surface area (Å²) in [4.78, 5) is 21.2. The fourth-order valence-corrected chi connectivity index (χ4v) is 1.44. The lowest BCUT2D eigenvalue weighted by Gasteiger charge is -2.01. The Morgan fingerprint density at radius 3 is 2.91 bits per heavy atom. The Bertz CT molecular complexity index is 172. The summed E-state index contributed by atoms with van der Waals surface area (Å²) in [5.41, 5.74) is 0. The van der Waals surface area contributed by atoms with Crippen LogP contribution in [0.4, 0.5) is 0 Å². The normalized spacial score (nSPS) is 30.3. The number of hydrogen-bond donors (Lipinski definition) is 1. The molecule has 62 valence electrons. The van der Waals surface area contributed by atoms with E-state index in [4.69, 9.17) is 11.6 Å². The van der Waals surface area contributed by atoms with Crippen LogP contribution in [-0.4, -0.2) is 30.5 Å². The van der Waals surface area contributed by atoms with E-state index in [0.717, 1.165) is 6.29 Å². The number of rotatable bonds is 3. The van der Waals surface area contributed by atoms with Crippen molar-refractivity contribution < 1.29 is 9.59 Å². The van der Waals surface area contributed by atoms with E-state index in [1.54, 1.807) is 0 Å². The van der Waals surface area contributed by atoms with E-state index in [2.05, 4.69) is 5.32 Å². The zero-order valence-electron chi connectivity index (χ0n) is 6.05. The maximum absolute atomic E-state index is 11.0. The van der Waals surface area contributed by atoms with Crippen molar-refractivity contribution in [3.63, 3.8) is 0 Å². The van der Waals surface area contributed by atoms with Gasteiger partial charge in [-0.3, -0.25) is 4.79 Å². The van der Waals surface area contributed by atoms with E-state index in [1.807, 2.05) is 0 Å². The fraction of sp³-hybridized carbons (Fsp3) is 0.714. The monoisotopic (exact) mass is 175 g/mol. The summed E-state index contributed by atoms with van der Waals surface area (Å²) in [5.74, 6) is 0.0315. The predicted octanol–water partition coefficient (Wildman–Crippen LogP) is -0.0287. The molecule has 0 aromatic heterocycles. The van der Waals surface area contributed by atoms with Crippen LogP contribution in [0.3, 0.4) is 0 Å². The van der Waals surface area contributed by atoms with Gasteiger partial charge in [-0.15, -0.1) is 11.6 Å². The molecule has 1 N–H and O–H groups in total. The molecule has 0 amide bonds. The number of halogens is 1. The van der Waals surface area contributed by atoms with Crippen LogP contribution in [-0.2, 0) is 9.59 Å². The third-order valence-electron chi connectivity index (χ3n) is 1.92. The molecular weight excluding hydrogens is 166 g/mol. The van der Waals surface area contributed by atoms with Crippen molar-refractivity contribution in [1.29, 1.82) is 0 Å². The van der Waals surface area contributed by atoms with Gasteiger partial charge in [-0.2, -0.15) is 0 Å². The maximum atomic E-state index is 11.0. The first-order valence-corrected chi connectivity index (χ1v) is 4.08. The molecule has 0 saturated carbocycles. The molecule has 1 fully saturated rings. The Labute approximate surface area is 70.1 Å². The van der Waals surface area contributed by atoms with Crippen molar-refractivity contribution in [2.45, 2.75) is 12.5 Å². The highest BCUT2D eigenvalue weighted by molar-refractivity contribution is 6.27. The standard InChI is InChI=1S/C7H10ClNO2/c8-2-7(11)5-1-6(4-10)9-3-5/h4-6,9H,1-3H2. The highest BCUT2D eigenvalue weighted by Gasteiger charge is 2.27. The second-order valence-electron chi connectivity index (χ2n) is 2.68. The van der Waals surface area contributed by atoms with E-state index in [-0.39, 0.29) is 23.6 Å². The van der Waals surface area contributed by atoms with Crippen LogP contribution in [0.1, 0.15) is 6.42 Å². The van der Waals surface area contributed by atoms with Gasteiger partial charge in [-0.1, -0.05) is 0 Å². The van der Waals surface area contributed by atoms with E-state index in [1.165, 1.54) is 0 Å². The van der Waals surface area contributed by atoms with Crippen molar-refractivity contribution in [2.24, 2.45) is 5.92 Å². The Morgan fingerprint density at radius 1 is 1.73 bits per heavy atom. The molecule has 2 atom stereocenters. The first kappa shape index (κ1) is 8.68. The Hall–Kier alpha value is -0.410. The van der Waals surface area contributed by atoms with Crippen LogP contribution < -0.4 is 5.32 Å². The summed E-state index contributed by atoms with van der Waals surface area (Å²) in [6.07, 6.45) is 1.44. The summed E-state index contributed by atoms with van der Waals surface area (Å²) in [6.45, 7) is 0.592. The van der Waals surface area contributed by atoms with Crippen LogP contribution in [0.2, 0.25) is 0 Å². The summed E-state index contributed by atoms with van der Waals surface area (Å²) in [5, 5.41) is 2.92. The smallest absolute Gasteiger partial charge is 0.152 e. The molecule has 1 aliphatic rings. The minimum Gasteiger partial charge on any atom is -0.307 e. The number of carbonyl (C=O) groups is 2. The molecule has 1 rings (SSSR count). The highest BCUT2D eigenvalue weighted by Crippen LogP contribution is 2.13. The zero-order chi connectivity index (χ0) is 8.27. The average Bonchev–Trinajstić information content (AvgIpc) is 2.50. The van der Waals surface area contributed by atoms with Crippen LogP contribution in [0.25, 0.3) is 0 Å². The molecule has 1 aliphatic heterocycles. The lowest BCUT2D eigenvalue weighted by atomic mass is 10.0. The summed E-state index contributed by atoms with van der Waals surface area (Å²) in [7, 11) is 0. The van der Waals surface area contributed by atoms with Gasteiger partial charge in [0.15, 0.2) is 5.78 Å². The van der Waals surface area contributed by atoms with Crippen LogP contribution in [0, 0.1) is 5.92 Å². The average molecular weight is 176 g/mol. The number of hydrogen-bond acceptors (Lipinski definition) is 3. The molecular formula is C7H10ClNO2. The summed E-state index contributed by atoms with van der Waals surface area (Å²) < 4.78 is 0. The first-order chi connectivity index (χ1) is 5.27. The summed E-state index contributed by atoms with van der Waals surface area (Å²) in [6, 6.07) is -0.146. The number of carbonyl (C=O) groups excluding carboxylic acids is 2. The third-order valence-corrected chi connectivity index (χ3v) is 2.18. The molecule has 0 aromatic rings. The van der Waals surface area contributed by atoms with Gasteiger partial charge in [0.2, 0.25) is 0 Å². The van der Waals surface area contributed by atoms with E-state index in [0.29, 0.717) is 13.0 Å². The van der Waals surface area contributed by atoms with Crippen molar-refractivity contribution in [1.82, 2.24) is 5.32 Å². The molecule has 4 heteroatoms. The molecule has 0 bridgehead atoms. The van der Waals surface area contributed by atoms with Gasteiger partial charge in [-0.25, -0.2) is 0 Å². The number of ketones is 1. The van der Waals surface area contributed by atoms with Gasteiger partial charge < -0.3 is 10.1 Å². The van der Waals surface area contributed by atoms with E-state index in [9.17, 15) is 9.59 Å². The van der Waals surface area contributed by atoms with Gasteiger partial charge in [0.25, 0.3) is 0 Å². The van der Waals surface area contributed by atoms with Crippen molar-refractivity contribution >= 4 is 23.7 Å². The lowest BCUT2D eigenvalue weighted by molar-refractivity contribution is -0.119.